The van der Waals surface area contributed by atoms with Crippen molar-refractivity contribution in [2.24, 2.45) is 10.1 Å². The average molecular weight is 111 g/mol. The molecule has 1 heterocycles. The van der Waals surface area contributed by atoms with Crippen molar-refractivity contribution in [3.63, 3.8) is 0 Å². The highest BCUT2D eigenvalue weighted by Gasteiger charge is 1.98. The molecule has 0 aromatic rings. The lowest BCUT2D eigenvalue weighted by Crippen LogP contribution is -2.26. The molecule has 0 radical (unpaired) electrons. The summed E-state index contributed by atoms with van der Waals surface area (Å²) in [5.74, 6) is 0.795. The first-order chi connectivity index (χ1) is 3.79. The first kappa shape index (κ1) is 5.28. The SMILES string of the molecule is CC1=NNC(C)C=N1. The largest absolute Gasteiger partial charge is 0.300 e. The van der Waals surface area contributed by atoms with Gasteiger partial charge in [0.25, 0.3) is 0 Å². The lowest BCUT2D eigenvalue weighted by Gasteiger charge is -2.08. The van der Waals surface area contributed by atoms with Crippen LogP contribution in [0.3, 0.4) is 0 Å². The van der Waals surface area contributed by atoms with E-state index in [1.165, 1.54) is 0 Å². The summed E-state index contributed by atoms with van der Waals surface area (Å²) in [7, 11) is 0. The molecule has 3 heteroatoms. The molecule has 1 aliphatic heterocycles. The van der Waals surface area contributed by atoms with E-state index < -0.39 is 0 Å². The maximum Gasteiger partial charge on any atom is 0.144 e. The monoisotopic (exact) mass is 111 g/mol. The molecule has 0 aromatic carbocycles. The highest BCUT2D eigenvalue weighted by molar-refractivity contribution is 5.90. The van der Waals surface area contributed by atoms with Crippen LogP contribution in [0.2, 0.25) is 0 Å². The van der Waals surface area contributed by atoms with Gasteiger partial charge >= 0.3 is 0 Å². The fraction of sp³-hybridized carbons (Fsp3) is 0.600. The van der Waals surface area contributed by atoms with Crippen molar-refractivity contribution in [2.45, 2.75) is 19.9 Å². The topological polar surface area (TPSA) is 36.8 Å². The van der Waals surface area contributed by atoms with Gasteiger partial charge in [-0.3, -0.25) is 0 Å². The van der Waals surface area contributed by atoms with Crippen molar-refractivity contribution in [3.05, 3.63) is 0 Å². The molecule has 1 atom stereocenters. The van der Waals surface area contributed by atoms with Gasteiger partial charge in [-0.25, -0.2) is 4.99 Å². The quantitative estimate of drug-likeness (QED) is 0.482. The molecule has 0 bridgehead atoms. The minimum atomic E-state index is 0.290. The second kappa shape index (κ2) is 1.94. The fourth-order valence-corrected chi connectivity index (χ4v) is 0.477. The Morgan fingerprint density at radius 1 is 1.75 bits per heavy atom. The third-order valence-corrected chi connectivity index (χ3v) is 0.915. The molecular formula is C5H9N3. The molecule has 8 heavy (non-hydrogen) atoms. The van der Waals surface area contributed by atoms with E-state index in [1.807, 2.05) is 20.1 Å². The van der Waals surface area contributed by atoms with Gasteiger partial charge in [-0.1, -0.05) is 0 Å². The van der Waals surface area contributed by atoms with Gasteiger partial charge < -0.3 is 5.43 Å². The molecule has 0 saturated carbocycles. The van der Waals surface area contributed by atoms with E-state index in [0.717, 1.165) is 5.84 Å². The normalized spacial score (nSPS) is 26.8. The molecule has 0 fully saturated rings. The van der Waals surface area contributed by atoms with Gasteiger partial charge in [0.15, 0.2) is 0 Å². The van der Waals surface area contributed by atoms with E-state index >= 15 is 0 Å². The van der Waals surface area contributed by atoms with Crippen LogP contribution in [0, 0.1) is 0 Å². The highest BCUT2D eigenvalue weighted by atomic mass is 15.3. The standard InChI is InChI=1S/C5H9N3/c1-4-3-6-5(2)8-7-4/h3-4,7H,1-2H3. The summed E-state index contributed by atoms with van der Waals surface area (Å²) in [5, 5.41) is 3.88. The van der Waals surface area contributed by atoms with Gasteiger partial charge in [0.2, 0.25) is 0 Å². The van der Waals surface area contributed by atoms with Crippen LogP contribution in [0.15, 0.2) is 10.1 Å². The van der Waals surface area contributed by atoms with Gasteiger partial charge in [0.05, 0.1) is 6.04 Å². The van der Waals surface area contributed by atoms with Gasteiger partial charge in [-0.15, -0.1) is 0 Å². The third kappa shape index (κ3) is 1.05. The van der Waals surface area contributed by atoms with Crippen LogP contribution in [-0.2, 0) is 0 Å². The van der Waals surface area contributed by atoms with E-state index in [1.54, 1.807) is 0 Å². The Labute approximate surface area is 48.5 Å². The van der Waals surface area contributed by atoms with Gasteiger partial charge in [-0.2, -0.15) is 5.10 Å². The van der Waals surface area contributed by atoms with E-state index in [0.29, 0.717) is 6.04 Å². The third-order valence-electron chi connectivity index (χ3n) is 0.915. The second-order valence-corrected chi connectivity index (χ2v) is 1.85. The number of aliphatic imine (C=N–C) groups is 1. The van der Waals surface area contributed by atoms with Crippen LogP contribution in [0.25, 0.3) is 0 Å². The molecule has 0 saturated heterocycles. The van der Waals surface area contributed by atoms with Gasteiger partial charge in [0.1, 0.15) is 5.84 Å². The van der Waals surface area contributed by atoms with Gasteiger partial charge in [-0.05, 0) is 13.8 Å². The van der Waals surface area contributed by atoms with Crippen LogP contribution >= 0.6 is 0 Å². The van der Waals surface area contributed by atoms with Crippen molar-refractivity contribution < 1.29 is 0 Å². The summed E-state index contributed by atoms with van der Waals surface area (Å²) < 4.78 is 0. The lowest BCUT2D eigenvalue weighted by atomic mass is 10.4. The maximum atomic E-state index is 3.97. The zero-order chi connectivity index (χ0) is 5.98. The average Bonchev–Trinajstić information content (AvgIpc) is 1.77. The number of nitrogens with one attached hydrogen (secondary N) is 1. The maximum absolute atomic E-state index is 3.97. The highest BCUT2D eigenvalue weighted by Crippen LogP contribution is 1.86. The zero-order valence-electron chi connectivity index (χ0n) is 5.05. The van der Waals surface area contributed by atoms with Gasteiger partial charge in [0, 0.05) is 6.21 Å². The zero-order valence-corrected chi connectivity index (χ0v) is 5.05. The fourth-order valence-electron chi connectivity index (χ4n) is 0.477. The Morgan fingerprint density at radius 3 is 2.88 bits per heavy atom. The smallest absolute Gasteiger partial charge is 0.144 e. The first-order valence-electron chi connectivity index (χ1n) is 2.63. The number of rotatable bonds is 0. The van der Waals surface area contributed by atoms with Crippen molar-refractivity contribution in [2.75, 3.05) is 0 Å². The number of amidine groups is 1. The Hall–Kier alpha value is -0.860. The molecule has 44 valence electrons. The van der Waals surface area contributed by atoms with E-state index in [-0.39, 0.29) is 0 Å². The lowest BCUT2D eigenvalue weighted by molar-refractivity contribution is 0.698. The van der Waals surface area contributed by atoms with E-state index in [4.69, 9.17) is 0 Å². The summed E-state index contributed by atoms with van der Waals surface area (Å²) in [5.41, 5.74) is 2.87. The molecule has 1 aliphatic rings. The molecule has 1 rings (SSSR count). The predicted molar refractivity (Wildman–Crippen MR) is 34.2 cm³/mol. The van der Waals surface area contributed by atoms with Crippen LogP contribution < -0.4 is 5.43 Å². The van der Waals surface area contributed by atoms with Crippen molar-refractivity contribution in [3.8, 4) is 0 Å². The summed E-state index contributed by atoms with van der Waals surface area (Å²) in [6.07, 6.45) is 1.84. The minimum absolute atomic E-state index is 0.290. The molecule has 1 N–H and O–H groups in total. The molecule has 0 amide bonds. The molecule has 1 unspecified atom stereocenters. The Kier molecular flexibility index (Phi) is 1.28. The van der Waals surface area contributed by atoms with Crippen LogP contribution in [0.1, 0.15) is 13.8 Å². The summed E-state index contributed by atoms with van der Waals surface area (Å²) in [6.45, 7) is 3.86. The van der Waals surface area contributed by atoms with Crippen LogP contribution in [-0.4, -0.2) is 18.1 Å². The van der Waals surface area contributed by atoms with Crippen LogP contribution in [0.5, 0.6) is 0 Å². The van der Waals surface area contributed by atoms with E-state index in [2.05, 4.69) is 15.5 Å². The first-order valence-corrected chi connectivity index (χ1v) is 2.63. The number of hydrazone groups is 1. The van der Waals surface area contributed by atoms with Crippen molar-refractivity contribution >= 4 is 12.1 Å². The van der Waals surface area contributed by atoms with Crippen molar-refractivity contribution in [1.29, 1.82) is 0 Å². The number of hydrogen-bond acceptors (Lipinski definition) is 3. The molecule has 0 aliphatic carbocycles. The Bertz CT molecular complexity index is 137. The molecule has 0 aromatic heterocycles. The molecular weight excluding hydrogens is 102 g/mol. The van der Waals surface area contributed by atoms with Crippen molar-refractivity contribution in [1.82, 2.24) is 5.43 Å². The predicted octanol–water partition coefficient (Wildman–Crippen LogP) is 0.382. The Morgan fingerprint density at radius 2 is 2.50 bits per heavy atom. The number of hydrogen-bond donors (Lipinski definition) is 1. The summed E-state index contributed by atoms with van der Waals surface area (Å²) >= 11 is 0. The minimum Gasteiger partial charge on any atom is -0.300 e. The van der Waals surface area contributed by atoms with Crippen LogP contribution in [0.4, 0.5) is 0 Å². The Balaban J connectivity index is 2.58. The molecule has 3 nitrogen and oxygen atoms in total. The second-order valence-electron chi connectivity index (χ2n) is 1.85. The number of nitrogens with zero attached hydrogens (tertiary/aromatic N) is 2. The summed E-state index contributed by atoms with van der Waals surface area (Å²) in [6, 6.07) is 0.290. The van der Waals surface area contributed by atoms with E-state index in [9.17, 15) is 0 Å². The summed E-state index contributed by atoms with van der Waals surface area (Å²) in [4.78, 5) is 3.97. The molecule has 0 spiro atoms.